The fourth-order valence-corrected chi connectivity index (χ4v) is 5.98. The summed E-state index contributed by atoms with van der Waals surface area (Å²) in [6.07, 6.45) is -0.110. The molecule has 0 radical (unpaired) electrons. The van der Waals surface area contributed by atoms with Gasteiger partial charge in [-0.2, -0.15) is 4.31 Å². The van der Waals surface area contributed by atoms with E-state index in [1.54, 1.807) is 36.3 Å². The lowest BCUT2D eigenvalue weighted by atomic mass is 9.86. The molecule has 1 aliphatic rings. The Hall–Kier alpha value is -3.16. The Labute approximate surface area is 214 Å². The third-order valence-electron chi connectivity index (χ3n) is 6.68. The van der Waals surface area contributed by atoms with Gasteiger partial charge in [0.05, 0.1) is 18.6 Å². The van der Waals surface area contributed by atoms with Gasteiger partial charge < -0.3 is 9.64 Å². The van der Waals surface area contributed by atoms with E-state index in [0.717, 1.165) is 28.0 Å². The van der Waals surface area contributed by atoms with Gasteiger partial charge in [0, 0.05) is 6.54 Å². The number of carbonyl (C=O) groups is 1. The van der Waals surface area contributed by atoms with Crippen molar-refractivity contribution in [1.29, 1.82) is 0 Å². The number of benzene rings is 3. The molecule has 1 atom stereocenters. The van der Waals surface area contributed by atoms with Crippen molar-refractivity contribution >= 4 is 15.9 Å². The maximum Gasteiger partial charge on any atom is 0.245 e. The van der Waals surface area contributed by atoms with E-state index < -0.39 is 16.2 Å². The van der Waals surface area contributed by atoms with Crippen LogP contribution in [0, 0.1) is 6.92 Å². The Balaban J connectivity index is 1.69. The van der Waals surface area contributed by atoms with Crippen LogP contribution in [0.3, 0.4) is 0 Å². The third kappa shape index (κ3) is 5.32. The lowest BCUT2D eigenvalue weighted by Gasteiger charge is -2.30. The molecule has 1 fully saturated rings. The lowest BCUT2D eigenvalue weighted by Crippen LogP contribution is -2.36. The van der Waals surface area contributed by atoms with Crippen LogP contribution in [0.4, 0.5) is 0 Å². The molecule has 3 aromatic rings. The first-order valence-corrected chi connectivity index (χ1v) is 13.6. The van der Waals surface area contributed by atoms with Crippen LogP contribution in [0.15, 0.2) is 77.7 Å². The first-order chi connectivity index (χ1) is 17.0. The van der Waals surface area contributed by atoms with Crippen LogP contribution in [0.1, 0.15) is 49.2 Å². The second-order valence-corrected chi connectivity index (χ2v) is 12.2. The standard InChI is InChI=1S/C29H34N2O4S/c1-21-6-16-26(17-7-21)36(33,34)31-20-27(32)30(19-18-22-8-14-25(35-5)15-9-22)28(31)23-10-12-24(13-11-23)29(2,3)4/h6-17,28H,18-20H2,1-5H3. The SMILES string of the molecule is COc1ccc(CCN2C(=O)CN(S(=O)(=O)c3ccc(C)cc3)C2c2ccc(C(C)(C)C)cc2)cc1. The highest BCUT2D eigenvalue weighted by Crippen LogP contribution is 2.36. The summed E-state index contributed by atoms with van der Waals surface area (Å²) < 4.78 is 34.0. The van der Waals surface area contributed by atoms with Gasteiger partial charge in [-0.05, 0) is 59.7 Å². The second-order valence-electron chi connectivity index (χ2n) is 10.3. The van der Waals surface area contributed by atoms with E-state index in [1.165, 1.54) is 4.31 Å². The molecule has 6 nitrogen and oxygen atoms in total. The highest BCUT2D eigenvalue weighted by atomic mass is 32.2. The summed E-state index contributed by atoms with van der Waals surface area (Å²) in [7, 11) is -2.27. The van der Waals surface area contributed by atoms with Crippen molar-refractivity contribution in [2.45, 2.75) is 50.6 Å². The van der Waals surface area contributed by atoms with Gasteiger partial charge in [0.25, 0.3) is 0 Å². The van der Waals surface area contributed by atoms with Gasteiger partial charge >= 0.3 is 0 Å². The lowest BCUT2D eigenvalue weighted by molar-refractivity contribution is -0.128. The number of rotatable bonds is 7. The molecule has 0 spiro atoms. The molecule has 1 unspecified atom stereocenters. The number of hydrogen-bond donors (Lipinski definition) is 0. The zero-order valence-electron chi connectivity index (χ0n) is 21.6. The summed E-state index contributed by atoms with van der Waals surface area (Å²) in [6.45, 7) is 8.53. The second kappa shape index (κ2) is 10.1. The van der Waals surface area contributed by atoms with Crippen molar-refractivity contribution in [1.82, 2.24) is 9.21 Å². The molecule has 3 aromatic carbocycles. The Bertz CT molecular complexity index is 1310. The highest BCUT2D eigenvalue weighted by Gasteiger charge is 2.45. The molecule has 1 heterocycles. The topological polar surface area (TPSA) is 66.9 Å². The minimum Gasteiger partial charge on any atom is -0.497 e. The smallest absolute Gasteiger partial charge is 0.245 e. The van der Waals surface area contributed by atoms with Gasteiger partial charge in [-0.3, -0.25) is 4.79 Å². The van der Waals surface area contributed by atoms with Gasteiger partial charge in [-0.25, -0.2) is 8.42 Å². The molecule has 1 amide bonds. The maximum atomic E-state index is 13.7. The minimum absolute atomic E-state index is 0.0360. The molecular weight excluding hydrogens is 472 g/mol. The Morgan fingerprint density at radius 3 is 2.08 bits per heavy atom. The first-order valence-electron chi connectivity index (χ1n) is 12.1. The molecule has 7 heteroatoms. The quantitative estimate of drug-likeness (QED) is 0.448. The zero-order valence-corrected chi connectivity index (χ0v) is 22.4. The normalized spacial score (nSPS) is 17.0. The molecule has 36 heavy (non-hydrogen) atoms. The summed E-state index contributed by atoms with van der Waals surface area (Å²) in [5, 5.41) is 0. The Morgan fingerprint density at radius 2 is 1.53 bits per heavy atom. The number of methoxy groups -OCH3 is 1. The minimum atomic E-state index is -3.89. The molecule has 0 aromatic heterocycles. The zero-order chi connectivity index (χ0) is 26.1. The van der Waals surface area contributed by atoms with Crippen molar-refractivity contribution in [2.75, 3.05) is 20.2 Å². The van der Waals surface area contributed by atoms with E-state index in [0.29, 0.717) is 13.0 Å². The molecule has 4 rings (SSSR count). The summed E-state index contributed by atoms with van der Waals surface area (Å²) in [4.78, 5) is 15.1. The number of aryl methyl sites for hydroxylation is 1. The van der Waals surface area contributed by atoms with Crippen LogP contribution in [0.25, 0.3) is 0 Å². The van der Waals surface area contributed by atoms with Crippen LogP contribution in [-0.4, -0.2) is 43.7 Å². The monoisotopic (exact) mass is 506 g/mol. The van der Waals surface area contributed by atoms with Crippen molar-refractivity contribution in [2.24, 2.45) is 0 Å². The Kier molecular flexibility index (Phi) is 7.25. The summed E-state index contributed by atoms with van der Waals surface area (Å²) in [6, 6.07) is 22.4. The summed E-state index contributed by atoms with van der Waals surface area (Å²) in [5.41, 5.74) is 3.91. The molecule has 1 aliphatic heterocycles. The molecule has 190 valence electrons. The van der Waals surface area contributed by atoms with Gasteiger partial charge in [0.15, 0.2) is 0 Å². The number of ether oxygens (including phenoxy) is 1. The van der Waals surface area contributed by atoms with Gasteiger partial charge in [0.1, 0.15) is 11.9 Å². The summed E-state index contributed by atoms with van der Waals surface area (Å²) >= 11 is 0. The van der Waals surface area contributed by atoms with E-state index in [2.05, 4.69) is 20.8 Å². The fourth-order valence-electron chi connectivity index (χ4n) is 4.45. The molecule has 1 saturated heterocycles. The van der Waals surface area contributed by atoms with Crippen LogP contribution < -0.4 is 4.74 Å². The molecule has 0 bridgehead atoms. The van der Waals surface area contributed by atoms with Gasteiger partial charge in [-0.15, -0.1) is 0 Å². The fraction of sp³-hybridized carbons (Fsp3) is 0.345. The first kappa shape index (κ1) is 25.9. The molecular formula is C29H34N2O4S. The number of amides is 1. The number of hydrogen-bond acceptors (Lipinski definition) is 4. The average molecular weight is 507 g/mol. The van der Waals surface area contributed by atoms with E-state index in [1.807, 2.05) is 55.5 Å². The van der Waals surface area contributed by atoms with Gasteiger partial charge in [0.2, 0.25) is 15.9 Å². The highest BCUT2D eigenvalue weighted by molar-refractivity contribution is 7.89. The largest absolute Gasteiger partial charge is 0.497 e. The number of sulfonamides is 1. The molecule has 0 aliphatic carbocycles. The van der Waals surface area contributed by atoms with Crippen molar-refractivity contribution < 1.29 is 17.9 Å². The van der Waals surface area contributed by atoms with Crippen molar-refractivity contribution in [3.63, 3.8) is 0 Å². The van der Waals surface area contributed by atoms with Crippen LogP contribution in [-0.2, 0) is 26.7 Å². The molecule has 0 saturated carbocycles. The Morgan fingerprint density at radius 1 is 0.917 bits per heavy atom. The third-order valence-corrected chi connectivity index (χ3v) is 8.50. The van der Waals surface area contributed by atoms with E-state index >= 15 is 0 Å². The maximum absolute atomic E-state index is 13.7. The van der Waals surface area contributed by atoms with Crippen LogP contribution in [0.5, 0.6) is 5.75 Å². The van der Waals surface area contributed by atoms with E-state index in [-0.39, 0.29) is 22.8 Å². The number of nitrogens with zero attached hydrogens (tertiary/aromatic N) is 2. The predicted molar refractivity (Wildman–Crippen MR) is 141 cm³/mol. The van der Waals surface area contributed by atoms with Crippen molar-refractivity contribution in [3.05, 3.63) is 95.1 Å². The summed E-state index contributed by atoms with van der Waals surface area (Å²) in [5.74, 6) is 0.562. The molecule has 0 N–H and O–H groups in total. The predicted octanol–water partition coefficient (Wildman–Crippen LogP) is 5.08. The number of carbonyl (C=O) groups excluding carboxylic acids is 1. The van der Waals surface area contributed by atoms with E-state index in [9.17, 15) is 13.2 Å². The van der Waals surface area contributed by atoms with Gasteiger partial charge in [-0.1, -0.05) is 74.9 Å². The van der Waals surface area contributed by atoms with Crippen LogP contribution in [0.2, 0.25) is 0 Å². The van der Waals surface area contributed by atoms with E-state index in [4.69, 9.17) is 4.74 Å². The average Bonchev–Trinajstić information content (AvgIpc) is 3.19. The van der Waals surface area contributed by atoms with Crippen molar-refractivity contribution in [3.8, 4) is 5.75 Å². The van der Waals surface area contributed by atoms with Crippen LogP contribution >= 0.6 is 0 Å².